The molecule has 0 aromatic heterocycles. The number of carbonyl (C=O) groups is 1. The number of nitro benzene ring substituents is 1. The minimum absolute atomic E-state index is 0.0751. The number of nitrogens with one attached hydrogen (secondary N) is 1. The maximum Gasteiger partial charge on any atom is 0.269 e. The number of hydrogen-bond donors (Lipinski definition) is 1. The molecule has 0 heterocycles. The van der Waals surface area contributed by atoms with Crippen molar-refractivity contribution in [2.24, 2.45) is 0 Å². The van der Waals surface area contributed by atoms with Crippen LogP contribution in [0.15, 0.2) is 66.7 Å². The topological polar surface area (TPSA) is 81.5 Å². The highest BCUT2D eigenvalue weighted by Gasteiger charge is 2.10. The van der Waals surface area contributed by atoms with E-state index in [0.717, 1.165) is 0 Å². The summed E-state index contributed by atoms with van der Waals surface area (Å²) in [5, 5.41) is 14.3. The highest BCUT2D eigenvalue weighted by atomic mass is 35.5. The van der Waals surface area contributed by atoms with Gasteiger partial charge in [0.05, 0.1) is 9.95 Å². The van der Waals surface area contributed by atoms with E-state index in [1.165, 1.54) is 24.3 Å². The Kier molecular flexibility index (Phi) is 5.59. The zero-order valence-corrected chi connectivity index (χ0v) is 15.2. The smallest absolute Gasteiger partial charge is 0.269 e. The summed E-state index contributed by atoms with van der Waals surface area (Å²) in [6, 6.07) is 17.0. The van der Waals surface area contributed by atoms with Crippen molar-refractivity contribution in [2.75, 3.05) is 5.32 Å². The molecular weight excluding hydrogens is 391 g/mol. The summed E-state index contributed by atoms with van der Waals surface area (Å²) in [5.74, 6) is 0.621. The fourth-order valence-corrected chi connectivity index (χ4v) is 2.68. The van der Waals surface area contributed by atoms with Gasteiger partial charge in [0.1, 0.15) is 11.5 Å². The molecule has 0 atom stereocenters. The average Bonchev–Trinajstić information content (AvgIpc) is 2.65. The third kappa shape index (κ3) is 4.75. The van der Waals surface area contributed by atoms with Crippen LogP contribution in [0, 0.1) is 10.1 Å². The van der Waals surface area contributed by atoms with Crippen LogP contribution in [0.4, 0.5) is 11.4 Å². The highest BCUT2D eigenvalue weighted by Crippen LogP contribution is 2.32. The summed E-state index contributed by atoms with van der Waals surface area (Å²) in [6.07, 6.45) is 0. The van der Waals surface area contributed by atoms with Crippen LogP contribution in [0.2, 0.25) is 10.0 Å². The largest absolute Gasteiger partial charge is 0.456 e. The molecule has 0 aliphatic heterocycles. The molecule has 136 valence electrons. The van der Waals surface area contributed by atoms with Crippen LogP contribution in [-0.2, 0) is 0 Å². The summed E-state index contributed by atoms with van der Waals surface area (Å²) in [4.78, 5) is 22.3. The number of rotatable bonds is 5. The van der Waals surface area contributed by atoms with Crippen molar-refractivity contribution in [3.8, 4) is 11.5 Å². The molecule has 3 aromatic rings. The molecule has 0 fully saturated rings. The Bertz CT molecular complexity index is 990. The first-order valence-corrected chi connectivity index (χ1v) is 8.47. The van der Waals surface area contributed by atoms with E-state index in [4.69, 9.17) is 27.9 Å². The first-order chi connectivity index (χ1) is 12.9. The molecule has 3 rings (SSSR count). The standard InChI is InChI=1S/C19H12Cl2N2O4/c20-13-3-10-18(17(21)11-13)27-16-8-4-14(5-9-16)22-19(24)12-1-6-15(7-2-12)23(25)26/h1-11H,(H,22,24). The number of non-ortho nitro benzene ring substituents is 1. The van der Waals surface area contributed by atoms with Gasteiger partial charge < -0.3 is 10.1 Å². The molecule has 0 aliphatic rings. The Morgan fingerprint density at radius 3 is 2.22 bits per heavy atom. The lowest BCUT2D eigenvalue weighted by Crippen LogP contribution is -2.11. The Hall–Kier alpha value is -3.09. The van der Waals surface area contributed by atoms with Crippen LogP contribution >= 0.6 is 23.2 Å². The van der Waals surface area contributed by atoms with Gasteiger partial charge in [0, 0.05) is 28.4 Å². The Labute approximate surface area is 164 Å². The quantitative estimate of drug-likeness (QED) is 0.422. The fraction of sp³-hybridized carbons (Fsp3) is 0. The number of halogens is 2. The summed E-state index contributed by atoms with van der Waals surface area (Å²) >= 11 is 11.9. The van der Waals surface area contributed by atoms with E-state index in [-0.39, 0.29) is 11.6 Å². The second kappa shape index (κ2) is 8.07. The van der Waals surface area contributed by atoms with Gasteiger partial charge in [-0.25, -0.2) is 0 Å². The van der Waals surface area contributed by atoms with Gasteiger partial charge in [-0.2, -0.15) is 0 Å². The maximum atomic E-state index is 12.2. The lowest BCUT2D eigenvalue weighted by atomic mass is 10.2. The van der Waals surface area contributed by atoms with Gasteiger partial charge in [-0.1, -0.05) is 23.2 Å². The van der Waals surface area contributed by atoms with E-state index in [1.54, 1.807) is 42.5 Å². The molecule has 0 spiro atoms. The Morgan fingerprint density at radius 2 is 1.63 bits per heavy atom. The molecule has 0 radical (unpaired) electrons. The van der Waals surface area contributed by atoms with Crippen LogP contribution in [0.1, 0.15) is 10.4 Å². The van der Waals surface area contributed by atoms with Crippen LogP contribution < -0.4 is 10.1 Å². The average molecular weight is 403 g/mol. The molecule has 0 unspecified atom stereocenters. The van der Waals surface area contributed by atoms with E-state index in [0.29, 0.717) is 32.8 Å². The zero-order valence-electron chi connectivity index (χ0n) is 13.7. The lowest BCUT2D eigenvalue weighted by molar-refractivity contribution is -0.384. The fourth-order valence-electron chi connectivity index (χ4n) is 2.23. The minimum atomic E-state index is -0.520. The predicted molar refractivity (Wildman–Crippen MR) is 104 cm³/mol. The molecule has 6 nitrogen and oxygen atoms in total. The van der Waals surface area contributed by atoms with Crippen molar-refractivity contribution >= 4 is 40.5 Å². The van der Waals surface area contributed by atoms with E-state index in [1.807, 2.05) is 0 Å². The maximum absolute atomic E-state index is 12.2. The lowest BCUT2D eigenvalue weighted by Gasteiger charge is -2.09. The molecule has 0 aliphatic carbocycles. The molecule has 1 N–H and O–H groups in total. The van der Waals surface area contributed by atoms with Crippen molar-refractivity contribution in [1.29, 1.82) is 0 Å². The molecule has 0 saturated carbocycles. The Balaban J connectivity index is 1.66. The van der Waals surface area contributed by atoms with E-state index in [2.05, 4.69) is 5.32 Å². The molecule has 1 amide bonds. The van der Waals surface area contributed by atoms with Crippen molar-refractivity contribution in [2.45, 2.75) is 0 Å². The van der Waals surface area contributed by atoms with Gasteiger partial charge in [-0.05, 0) is 54.6 Å². The monoisotopic (exact) mass is 402 g/mol. The third-order valence-electron chi connectivity index (χ3n) is 3.57. The van der Waals surface area contributed by atoms with Gasteiger partial charge in [0.15, 0.2) is 0 Å². The Morgan fingerprint density at radius 1 is 0.963 bits per heavy atom. The van der Waals surface area contributed by atoms with E-state index in [9.17, 15) is 14.9 Å². The normalized spacial score (nSPS) is 10.3. The van der Waals surface area contributed by atoms with Crippen molar-refractivity contribution in [1.82, 2.24) is 0 Å². The van der Waals surface area contributed by atoms with Crippen molar-refractivity contribution in [3.05, 3.63) is 92.5 Å². The first kappa shape index (κ1) is 18.7. The molecule has 27 heavy (non-hydrogen) atoms. The van der Waals surface area contributed by atoms with Crippen molar-refractivity contribution in [3.63, 3.8) is 0 Å². The number of amides is 1. The van der Waals surface area contributed by atoms with Gasteiger partial charge in [0.2, 0.25) is 0 Å². The molecule has 0 bridgehead atoms. The number of anilines is 1. The number of benzene rings is 3. The van der Waals surface area contributed by atoms with Crippen LogP contribution in [0.25, 0.3) is 0 Å². The third-order valence-corrected chi connectivity index (χ3v) is 4.10. The zero-order chi connectivity index (χ0) is 19.4. The van der Waals surface area contributed by atoms with Crippen molar-refractivity contribution < 1.29 is 14.5 Å². The molecule has 3 aromatic carbocycles. The number of carbonyl (C=O) groups excluding carboxylic acids is 1. The van der Waals surface area contributed by atoms with E-state index < -0.39 is 4.92 Å². The van der Waals surface area contributed by atoms with E-state index >= 15 is 0 Å². The second-order valence-corrected chi connectivity index (χ2v) is 6.30. The van der Waals surface area contributed by atoms with Gasteiger partial charge >= 0.3 is 0 Å². The van der Waals surface area contributed by atoms with Crippen LogP contribution in [-0.4, -0.2) is 10.8 Å². The van der Waals surface area contributed by atoms with Crippen LogP contribution in [0.3, 0.4) is 0 Å². The summed E-state index contributed by atoms with van der Waals surface area (Å²) < 4.78 is 5.68. The van der Waals surface area contributed by atoms with Gasteiger partial charge in [0.25, 0.3) is 11.6 Å². The highest BCUT2D eigenvalue weighted by molar-refractivity contribution is 6.35. The molecular formula is C19H12Cl2N2O4. The SMILES string of the molecule is O=C(Nc1ccc(Oc2ccc(Cl)cc2Cl)cc1)c1ccc([N+](=O)[O-])cc1. The summed E-state index contributed by atoms with van der Waals surface area (Å²) in [5.41, 5.74) is 0.788. The predicted octanol–water partition coefficient (Wildman–Crippen LogP) is 5.95. The first-order valence-electron chi connectivity index (χ1n) is 7.71. The number of ether oxygens (including phenoxy) is 1. The molecule has 0 saturated heterocycles. The minimum Gasteiger partial charge on any atom is -0.456 e. The van der Waals surface area contributed by atoms with Gasteiger partial charge in [-0.15, -0.1) is 0 Å². The number of nitro groups is 1. The van der Waals surface area contributed by atoms with Gasteiger partial charge in [-0.3, -0.25) is 14.9 Å². The summed E-state index contributed by atoms with van der Waals surface area (Å²) in [6.45, 7) is 0. The molecule has 8 heteroatoms. The number of hydrogen-bond acceptors (Lipinski definition) is 4. The number of nitrogens with zero attached hydrogens (tertiary/aromatic N) is 1. The second-order valence-electron chi connectivity index (χ2n) is 5.46. The van der Waals surface area contributed by atoms with Crippen LogP contribution in [0.5, 0.6) is 11.5 Å². The summed E-state index contributed by atoms with van der Waals surface area (Å²) in [7, 11) is 0.